The fraction of sp³-hybridized carbons (Fsp3) is 0.0588. The van der Waals surface area contributed by atoms with Crippen molar-refractivity contribution in [2.45, 2.75) is 0 Å². The minimum atomic E-state index is -0.381. The van der Waals surface area contributed by atoms with Crippen molar-refractivity contribution in [2.75, 3.05) is 12.0 Å². The zero-order chi connectivity index (χ0) is 16.2. The summed E-state index contributed by atoms with van der Waals surface area (Å²) in [6.07, 6.45) is 1.69. The second-order valence-electron chi connectivity index (χ2n) is 4.87. The van der Waals surface area contributed by atoms with E-state index in [-0.39, 0.29) is 23.6 Å². The molecule has 1 aliphatic rings. The fourth-order valence-electron chi connectivity index (χ4n) is 2.11. The van der Waals surface area contributed by atoms with Gasteiger partial charge in [-0.15, -0.1) is 0 Å². The molecular formula is C17H13FN2O2S. The molecule has 2 aromatic rings. The highest BCUT2D eigenvalue weighted by Gasteiger charge is 2.34. The third kappa shape index (κ3) is 3.60. The summed E-state index contributed by atoms with van der Waals surface area (Å²) >= 11 is 0.899. The van der Waals surface area contributed by atoms with Crippen LogP contribution in [0.25, 0.3) is 6.08 Å². The quantitative estimate of drug-likeness (QED) is 0.864. The van der Waals surface area contributed by atoms with Crippen LogP contribution in [-0.2, 0) is 4.79 Å². The molecule has 23 heavy (non-hydrogen) atoms. The first-order valence-corrected chi connectivity index (χ1v) is 7.75. The van der Waals surface area contributed by atoms with Crippen LogP contribution in [0.5, 0.6) is 0 Å². The molecule has 0 unspecified atom stereocenters. The normalized spacial score (nSPS) is 16.2. The molecule has 1 saturated heterocycles. The van der Waals surface area contributed by atoms with Gasteiger partial charge in [0.25, 0.3) is 11.1 Å². The fourth-order valence-corrected chi connectivity index (χ4v) is 2.94. The van der Waals surface area contributed by atoms with E-state index in [2.05, 4.69) is 5.32 Å². The summed E-state index contributed by atoms with van der Waals surface area (Å²) in [7, 11) is 0. The summed E-state index contributed by atoms with van der Waals surface area (Å²) in [6.45, 7) is 0.000248. The van der Waals surface area contributed by atoms with Gasteiger partial charge in [-0.3, -0.25) is 14.5 Å². The highest BCUT2D eigenvalue weighted by atomic mass is 32.2. The summed E-state index contributed by atoms with van der Waals surface area (Å²) in [5.74, 6) is -0.735. The Kier molecular flexibility index (Phi) is 4.43. The predicted octanol–water partition coefficient (Wildman–Crippen LogP) is 3.93. The van der Waals surface area contributed by atoms with Gasteiger partial charge in [0.15, 0.2) is 0 Å². The molecule has 0 spiro atoms. The van der Waals surface area contributed by atoms with Gasteiger partial charge >= 0.3 is 0 Å². The molecule has 0 aromatic heterocycles. The third-order valence-corrected chi connectivity index (χ3v) is 4.14. The van der Waals surface area contributed by atoms with Gasteiger partial charge in [-0.25, -0.2) is 4.39 Å². The Morgan fingerprint density at radius 1 is 1.09 bits per heavy atom. The first kappa shape index (κ1) is 15.3. The van der Waals surface area contributed by atoms with Crippen molar-refractivity contribution in [2.24, 2.45) is 0 Å². The summed E-state index contributed by atoms with van der Waals surface area (Å²) in [6, 6.07) is 15.2. The number of imide groups is 1. The molecule has 1 heterocycles. The number of anilines is 1. The van der Waals surface area contributed by atoms with Crippen molar-refractivity contribution in [1.29, 1.82) is 0 Å². The topological polar surface area (TPSA) is 49.4 Å². The lowest BCUT2D eigenvalue weighted by Gasteiger charge is -2.14. The maximum absolute atomic E-state index is 13.1. The molecule has 3 rings (SSSR count). The molecule has 0 aliphatic carbocycles. The number of amides is 2. The van der Waals surface area contributed by atoms with Crippen LogP contribution >= 0.6 is 11.8 Å². The molecule has 1 N–H and O–H groups in total. The largest absolute Gasteiger partial charge is 0.367 e. The Hall–Kier alpha value is -2.60. The van der Waals surface area contributed by atoms with Crippen molar-refractivity contribution in [3.63, 3.8) is 0 Å². The number of carbonyl (C=O) groups is 2. The van der Waals surface area contributed by atoms with Crippen LogP contribution in [0.2, 0.25) is 0 Å². The molecule has 1 aliphatic heterocycles. The predicted molar refractivity (Wildman–Crippen MR) is 89.1 cm³/mol. The van der Waals surface area contributed by atoms with Crippen molar-refractivity contribution < 1.29 is 14.0 Å². The van der Waals surface area contributed by atoms with Crippen LogP contribution in [0.1, 0.15) is 5.56 Å². The van der Waals surface area contributed by atoms with Crippen LogP contribution in [0.4, 0.5) is 14.9 Å². The molecular weight excluding hydrogens is 315 g/mol. The maximum Gasteiger partial charge on any atom is 0.295 e. The molecule has 6 heteroatoms. The van der Waals surface area contributed by atoms with Gasteiger partial charge in [-0.05, 0) is 41.6 Å². The molecule has 2 amide bonds. The van der Waals surface area contributed by atoms with Crippen LogP contribution in [-0.4, -0.2) is 22.7 Å². The zero-order valence-electron chi connectivity index (χ0n) is 12.0. The second kappa shape index (κ2) is 6.66. The highest BCUT2D eigenvalue weighted by molar-refractivity contribution is 8.18. The highest BCUT2D eigenvalue weighted by Crippen LogP contribution is 2.32. The SMILES string of the molecule is O=C1S/C(=C\c2ccccc2)C(=O)N1CNc1cccc(F)c1. The van der Waals surface area contributed by atoms with Crippen molar-refractivity contribution >= 4 is 34.7 Å². The average molecular weight is 328 g/mol. The molecule has 1 fully saturated rings. The number of nitrogens with zero attached hydrogens (tertiary/aromatic N) is 1. The van der Waals surface area contributed by atoms with Gasteiger partial charge in [0.05, 0.1) is 11.6 Å². The van der Waals surface area contributed by atoms with Crippen LogP contribution in [0.3, 0.4) is 0 Å². The van der Waals surface area contributed by atoms with Gasteiger partial charge in [-0.2, -0.15) is 0 Å². The molecule has 0 saturated carbocycles. The zero-order valence-corrected chi connectivity index (χ0v) is 12.8. The number of halogens is 1. The van der Waals surface area contributed by atoms with Gasteiger partial charge in [0, 0.05) is 5.69 Å². The number of nitrogens with one attached hydrogen (secondary N) is 1. The number of thioether (sulfide) groups is 1. The molecule has 4 nitrogen and oxygen atoms in total. The maximum atomic E-state index is 13.1. The number of hydrogen-bond acceptors (Lipinski definition) is 4. The lowest BCUT2D eigenvalue weighted by atomic mass is 10.2. The van der Waals surface area contributed by atoms with E-state index in [4.69, 9.17) is 0 Å². The van der Waals surface area contributed by atoms with Gasteiger partial charge in [0.2, 0.25) is 0 Å². The first-order chi connectivity index (χ1) is 11.1. The third-order valence-electron chi connectivity index (χ3n) is 3.24. The molecule has 2 aromatic carbocycles. The summed E-state index contributed by atoms with van der Waals surface area (Å²) in [5.41, 5.74) is 1.37. The van der Waals surface area contributed by atoms with Crippen LogP contribution < -0.4 is 5.32 Å². The van der Waals surface area contributed by atoms with E-state index >= 15 is 0 Å². The lowest BCUT2D eigenvalue weighted by Crippen LogP contribution is -2.33. The Morgan fingerprint density at radius 3 is 2.61 bits per heavy atom. The Bertz CT molecular complexity index is 777. The number of hydrogen-bond donors (Lipinski definition) is 1. The van der Waals surface area contributed by atoms with Crippen molar-refractivity contribution in [3.8, 4) is 0 Å². The van der Waals surface area contributed by atoms with E-state index in [1.54, 1.807) is 18.2 Å². The number of rotatable bonds is 4. The van der Waals surface area contributed by atoms with Gasteiger partial charge in [0.1, 0.15) is 5.82 Å². The number of carbonyl (C=O) groups excluding carboxylic acids is 2. The van der Waals surface area contributed by atoms with Gasteiger partial charge in [-0.1, -0.05) is 36.4 Å². The van der Waals surface area contributed by atoms with Crippen LogP contribution in [0.15, 0.2) is 59.5 Å². The monoisotopic (exact) mass is 328 g/mol. The van der Waals surface area contributed by atoms with Crippen molar-refractivity contribution in [1.82, 2.24) is 4.90 Å². The van der Waals surface area contributed by atoms with E-state index in [0.717, 1.165) is 22.2 Å². The molecule has 0 radical (unpaired) electrons. The first-order valence-electron chi connectivity index (χ1n) is 6.93. The summed E-state index contributed by atoms with van der Waals surface area (Å²) < 4.78 is 13.1. The second-order valence-corrected chi connectivity index (χ2v) is 5.86. The molecule has 0 atom stereocenters. The minimum absolute atomic E-state index is 0.000248. The van der Waals surface area contributed by atoms with E-state index in [1.807, 2.05) is 30.3 Å². The number of benzene rings is 2. The summed E-state index contributed by atoms with van der Waals surface area (Å²) in [4.78, 5) is 25.8. The van der Waals surface area contributed by atoms with E-state index in [0.29, 0.717) is 10.6 Å². The Labute approximate surface area is 137 Å². The standard InChI is InChI=1S/C17H13FN2O2S/c18-13-7-4-8-14(10-13)19-11-20-16(21)15(23-17(20)22)9-12-5-2-1-3-6-12/h1-10,19H,11H2/b15-9-. The average Bonchev–Trinajstić information content (AvgIpc) is 2.80. The lowest BCUT2D eigenvalue weighted by molar-refractivity contribution is -0.122. The van der Waals surface area contributed by atoms with Crippen molar-refractivity contribution in [3.05, 3.63) is 70.9 Å². The van der Waals surface area contributed by atoms with E-state index in [9.17, 15) is 14.0 Å². The molecule has 0 bridgehead atoms. The smallest absolute Gasteiger partial charge is 0.295 e. The van der Waals surface area contributed by atoms with E-state index < -0.39 is 0 Å². The van der Waals surface area contributed by atoms with Gasteiger partial charge < -0.3 is 5.32 Å². The summed E-state index contributed by atoms with van der Waals surface area (Å²) in [5, 5.41) is 2.53. The van der Waals surface area contributed by atoms with E-state index in [1.165, 1.54) is 12.1 Å². The van der Waals surface area contributed by atoms with Crippen LogP contribution in [0, 0.1) is 5.82 Å². The Balaban J connectivity index is 1.70. The Morgan fingerprint density at radius 2 is 1.87 bits per heavy atom. The molecule has 116 valence electrons. The minimum Gasteiger partial charge on any atom is -0.367 e.